The molecule has 12 aromatic rings. The minimum Gasteiger partial charge on any atom is -0.310 e. The fraction of sp³-hybridized carbons (Fsp3) is 0.0149. The Morgan fingerprint density at radius 1 is 0.265 bits per heavy atom. The van der Waals surface area contributed by atoms with Crippen molar-refractivity contribution in [2.24, 2.45) is 0 Å². The van der Waals surface area contributed by atoms with E-state index in [1.54, 1.807) is 0 Å². The molecule has 1 spiro atoms. The van der Waals surface area contributed by atoms with E-state index in [0.29, 0.717) is 0 Å². The Morgan fingerprint density at radius 3 is 1.34 bits per heavy atom. The van der Waals surface area contributed by atoms with Gasteiger partial charge < -0.3 is 4.90 Å². The minimum absolute atomic E-state index is 0.613. The quantitative estimate of drug-likeness (QED) is 0.151. The van der Waals surface area contributed by atoms with Gasteiger partial charge in [0, 0.05) is 16.8 Å². The average molecular weight is 862 g/mol. The third-order valence-corrected chi connectivity index (χ3v) is 14.8. The molecule has 1 heteroatoms. The zero-order valence-electron chi connectivity index (χ0n) is 37.3. The number of benzene rings is 12. The summed E-state index contributed by atoms with van der Waals surface area (Å²) in [6.07, 6.45) is 0. The number of hydrogen-bond acceptors (Lipinski definition) is 1. The first kappa shape index (κ1) is 38.5. The molecule has 1 nitrogen and oxygen atoms in total. The number of hydrogen-bond donors (Lipinski definition) is 0. The standard InChI is InChI=1S/C67H43N/c1-5-21-44(22-6-1)47-39-48(45-23-7-2-8-24-45)41-49(40-47)46-37-38-54-53-30-17-19-35-60(53)67(62(54)42-46)61-36-20-18-34-58(61)64-56-32-15-13-29-52(56)59-43-63(55-31-14-16-33-57(55)65(59)66(64)67)68(50-25-9-3-10-26-50)51-27-11-4-12-28-51/h1-43H. The third-order valence-electron chi connectivity index (χ3n) is 14.8. The predicted molar refractivity (Wildman–Crippen MR) is 286 cm³/mol. The van der Waals surface area contributed by atoms with Crippen LogP contribution in [-0.2, 0) is 5.41 Å². The van der Waals surface area contributed by atoms with Gasteiger partial charge in [0.15, 0.2) is 0 Å². The molecule has 1 atom stereocenters. The van der Waals surface area contributed by atoms with E-state index in [0.717, 1.165) is 17.1 Å². The highest BCUT2D eigenvalue weighted by molar-refractivity contribution is 6.28. The summed E-state index contributed by atoms with van der Waals surface area (Å²) >= 11 is 0. The monoisotopic (exact) mass is 861 g/mol. The van der Waals surface area contributed by atoms with Crippen molar-refractivity contribution < 1.29 is 0 Å². The highest BCUT2D eigenvalue weighted by Gasteiger charge is 2.53. The zero-order valence-corrected chi connectivity index (χ0v) is 37.3. The zero-order chi connectivity index (χ0) is 44.8. The topological polar surface area (TPSA) is 3.24 Å². The van der Waals surface area contributed by atoms with Gasteiger partial charge in [0.2, 0.25) is 0 Å². The second-order valence-corrected chi connectivity index (χ2v) is 18.3. The molecule has 0 N–H and O–H groups in total. The average Bonchev–Trinajstić information content (AvgIpc) is 3.89. The molecule has 0 heterocycles. The molecule has 12 aromatic carbocycles. The van der Waals surface area contributed by atoms with Gasteiger partial charge in [-0.15, -0.1) is 0 Å². The van der Waals surface area contributed by atoms with Crippen LogP contribution in [0.4, 0.5) is 17.1 Å². The Bertz CT molecular complexity index is 3850. The van der Waals surface area contributed by atoms with E-state index in [1.165, 1.54) is 110 Å². The lowest BCUT2D eigenvalue weighted by atomic mass is 9.68. The molecular weight excluding hydrogens is 819 g/mol. The summed E-state index contributed by atoms with van der Waals surface area (Å²) in [5, 5.41) is 7.55. The van der Waals surface area contributed by atoms with Crippen molar-refractivity contribution in [3.63, 3.8) is 0 Å². The van der Waals surface area contributed by atoms with Gasteiger partial charge in [-0.05, 0) is 159 Å². The Kier molecular flexibility index (Phi) is 8.57. The van der Waals surface area contributed by atoms with Crippen LogP contribution in [0.15, 0.2) is 261 Å². The molecular formula is C67H43N. The van der Waals surface area contributed by atoms with Crippen molar-refractivity contribution in [3.8, 4) is 55.6 Å². The van der Waals surface area contributed by atoms with Crippen LogP contribution in [-0.4, -0.2) is 0 Å². The lowest BCUT2D eigenvalue weighted by Crippen LogP contribution is -2.26. The Hall–Kier alpha value is -8.78. The van der Waals surface area contributed by atoms with Crippen LogP contribution in [0.3, 0.4) is 0 Å². The Balaban J connectivity index is 1.12. The number of rotatable bonds is 6. The molecule has 1 unspecified atom stereocenters. The Labute approximate surface area is 396 Å². The second-order valence-electron chi connectivity index (χ2n) is 18.3. The molecule has 0 aliphatic heterocycles. The highest BCUT2D eigenvalue weighted by Crippen LogP contribution is 2.66. The van der Waals surface area contributed by atoms with Crippen LogP contribution in [0, 0.1) is 0 Å². The molecule has 68 heavy (non-hydrogen) atoms. The van der Waals surface area contributed by atoms with E-state index in [4.69, 9.17) is 0 Å². The predicted octanol–water partition coefficient (Wildman–Crippen LogP) is 18.0. The number of nitrogens with zero attached hydrogens (tertiary/aromatic N) is 1. The third kappa shape index (κ3) is 5.57. The van der Waals surface area contributed by atoms with Gasteiger partial charge in [-0.3, -0.25) is 0 Å². The van der Waals surface area contributed by atoms with Crippen LogP contribution >= 0.6 is 0 Å². The molecule has 0 aromatic heterocycles. The minimum atomic E-state index is -0.613. The fourth-order valence-corrected chi connectivity index (χ4v) is 12.0. The van der Waals surface area contributed by atoms with Crippen LogP contribution < -0.4 is 4.90 Å². The molecule has 0 fully saturated rings. The van der Waals surface area contributed by atoms with Crippen LogP contribution in [0.1, 0.15) is 22.3 Å². The summed E-state index contributed by atoms with van der Waals surface area (Å²) < 4.78 is 0. The first-order chi connectivity index (χ1) is 33.8. The molecule has 0 saturated carbocycles. The summed E-state index contributed by atoms with van der Waals surface area (Å²) in [5.74, 6) is 0. The molecule has 316 valence electrons. The summed E-state index contributed by atoms with van der Waals surface area (Å²) in [7, 11) is 0. The van der Waals surface area contributed by atoms with E-state index in [1.807, 2.05) is 0 Å². The van der Waals surface area contributed by atoms with Crippen LogP contribution in [0.2, 0.25) is 0 Å². The number of fused-ring (bicyclic) bond motifs is 17. The van der Waals surface area contributed by atoms with Crippen LogP contribution in [0.5, 0.6) is 0 Å². The normalized spacial score (nSPS) is 14.2. The fourth-order valence-electron chi connectivity index (χ4n) is 12.0. The smallest absolute Gasteiger partial charge is 0.0732 e. The number of anilines is 3. The van der Waals surface area contributed by atoms with Crippen molar-refractivity contribution in [1.29, 1.82) is 0 Å². The molecule has 0 amide bonds. The molecule has 2 aliphatic carbocycles. The molecule has 0 bridgehead atoms. The van der Waals surface area contributed by atoms with E-state index in [-0.39, 0.29) is 0 Å². The van der Waals surface area contributed by atoms with Gasteiger partial charge in [-0.2, -0.15) is 0 Å². The first-order valence-corrected chi connectivity index (χ1v) is 23.7. The molecule has 0 saturated heterocycles. The van der Waals surface area contributed by atoms with Gasteiger partial charge >= 0.3 is 0 Å². The maximum absolute atomic E-state index is 2.55. The van der Waals surface area contributed by atoms with Crippen molar-refractivity contribution in [2.45, 2.75) is 5.41 Å². The van der Waals surface area contributed by atoms with Crippen molar-refractivity contribution >= 4 is 49.4 Å². The van der Waals surface area contributed by atoms with Crippen molar-refractivity contribution in [1.82, 2.24) is 0 Å². The maximum Gasteiger partial charge on any atom is 0.0732 e. The summed E-state index contributed by atoms with van der Waals surface area (Å²) in [5.41, 5.74) is 20.6. The van der Waals surface area contributed by atoms with Gasteiger partial charge in [-0.1, -0.05) is 206 Å². The van der Waals surface area contributed by atoms with Crippen LogP contribution in [0.25, 0.3) is 88.0 Å². The largest absolute Gasteiger partial charge is 0.310 e. The Morgan fingerprint density at radius 2 is 0.721 bits per heavy atom. The lowest BCUT2D eigenvalue weighted by Gasteiger charge is -2.33. The molecule has 14 rings (SSSR count). The highest BCUT2D eigenvalue weighted by atomic mass is 15.1. The second kappa shape index (κ2) is 15.1. The lowest BCUT2D eigenvalue weighted by molar-refractivity contribution is 0.802. The summed E-state index contributed by atoms with van der Waals surface area (Å²) in [6, 6.07) is 97.0. The molecule has 0 radical (unpaired) electrons. The number of para-hydroxylation sites is 2. The van der Waals surface area contributed by atoms with Crippen molar-refractivity contribution in [3.05, 3.63) is 283 Å². The van der Waals surface area contributed by atoms with Gasteiger partial charge in [0.25, 0.3) is 0 Å². The van der Waals surface area contributed by atoms with E-state index >= 15 is 0 Å². The SMILES string of the molecule is c1ccc(-c2cc(-c3ccccc3)cc(-c3ccc4c(c3)C3(c5ccccc5-4)c4ccccc4-c4c3c3c5ccccc5c(N(c5ccccc5)c5ccccc5)cc3c3ccccc43)c2)cc1. The van der Waals surface area contributed by atoms with Gasteiger partial charge in [0.1, 0.15) is 0 Å². The summed E-state index contributed by atoms with van der Waals surface area (Å²) in [4.78, 5) is 2.44. The summed E-state index contributed by atoms with van der Waals surface area (Å²) in [6.45, 7) is 0. The van der Waals surface area contributed by atoms with E-state index < -0.39 is 5.41 Å². The van der Waals surface area contributed by atoms with Crippen molar-refractivity contribution in [2.75, 3.05) is 4.90 Å². The maximum atomic E-state index is 2.55. The molecule has 2 aliphatic rings. The van der Waals surface area contributed by atoms with E-state index in [2.05, 4.69) is 266 Å². The van der Waals surface area contributed by atoms with Gasteiger partial charge in [-0.25, -0.2) is 0 Å². The first-order valence-electron chi connectivity index (χ1n) is 23.7. The van der Waals surface area contributed by atoms with Gasteiger partial charge in [0.05, 0.1) is 11.1 Å². The van der Waals surface area contributed by atoms with E-state index in [9.17, 15) is 0 Å².